The quantitative estimate of drug-likeness (QED) is 0.834. The molecule has 0 fully saturated rings. The van der Waals surface area contributed by atoms with Crippen LogP contribution in [-0.4, -0.2) is 30.8 Å². The van der Waals surface area contributed by atoms with Gasteiger partial charge in [-0.25, -0.2) is 9.59 Å². The van der Waals surface area contributed by atoms with Gasteiger partial charge >= 0.3 is 12.1 Å². The van der Waals surface area contributed by atoms with Crippen LogP contribution in [0, 0.1) is 0 Å². The molecule has 0 spiro atoms. The number of alkyl carbamates (subject to hydrolysis) is 1. The Morgan fingerprint density at radius 1 is 1.45 bits per heavy atom. The van der Waals surface area contributed by atoms with Crippen molar-refractivity contribution in [3.63, 3.8) is 0 Å². The van der Waals surface area contributed by atoms with E-state index in [0.29, 0.717) is 6.42 Å². The van der Waals surface area contributed by atoms with Gasteiger partial charge in [-0.05, 0) is 53.7 Å². The number of esters is 1. The second kappa shape index (κ2) is 7.08. The second-order valence-electron chi connectivity index (χ2n) is 5.19. The Bertz CT molecular complexity index is 481. The highest BCUT2D eigenvalue weighted by atomic mass is 79.9. The van der Waals surface area contributed by atoms with Crippen molar-refractivity contribution in [2.75, 3.05) is 7.11 Å². The number of carbonyl (C=O) groups is 2. The fourth-order valence-corrected chi connectivity index (χ4v) is 2.70. The Morgan fingerprint density at radius 2 is 2.10 bits per heavy atom. The molecule has 7 heteroatoms. The molecule has 1 amide bonds. The predicted molar refractivity (Wildman–Crippen MR) is 80.9 cm³/mol. The van der Waals surface area contributed by atoms with E-state index in [1.807, 2.05) is 11.4 Å². The number of hydrogen-bond acceptors (Lipinski definition) is 5. The molecule has 1 N–H and O–H groups in total. The van der Waals surface area contributed by atoms with Crippen LogP contribution in [0.5, 0.6) is 0 Å². The fraction of sp³-hybridized carbons (Fsp3) is 0.538. The van der Waals surface area contributed by atoms with Crippen molar-refractivity contribution in [1.29, 1.82) is 0 Å². The first-order valence-corrected chi connectivity index (χ1v) is 7.69. The zero-order valence-corrected chi connectivity index (χ0v) is 14.3. The van der Waals surface area contributed by atoms with E-state index < -0.39 is 23.7 Å². The van der Waals surface area contributed by atoms with Crippen molar-refractivity contribution in [3.8, 4) is 0 Å². The molecule has 1 aromatic rings. The second-order valence-corrected chi connectivity index (χ2v) is 7.48. The van der Waals surface area contributed by atoms with Crippen LogP contribution in [0.15, 0.2) is 15.2 Å². The van der Waals surface area contributed by atoms with Crippen LogP contribution in [0.3, 0.4) is 0 Å². The molecule has 0 aliphatic carbocycles. The maximum absolute atomic E-state index is 11.7. The molecule has 0 saturated carbocycles. The van der Waals surface area contributed by atoms with E-state index in [0.717, 1.165) is 9.35 Å². The Balaban J connectivity index is 2.70. The molecule has 0 bridgehead atoms. The molecule has 112 valence electrons. The maximum atomic E-state index is 11.7. The molecule has 1 atom stereocenters. The Kier molecular flexibility index (Phi) is 6.01. The monoisotopic (exact) mass is 363 g/mol. The summed E-state index contributed by atoms with van der Waals surface area (Å²) in [4.78, 5) is 23.5. The first-order chi connectivity index (χ1) is 9.21. The lowest BCUT2D eigenvalue weighted by atomic mass is 10.1. The zero-order valence-electron chi connectivity index (χ0n) is 11.9. The number of rotatable bonds is 4. The van der Waals surface area contributed by atoms with E-state index in [9.17, 15) is 9.59 Å². The molecule has 0 aliphatic heterocycles. The summed E-state index contributed by atoms with van der Waals surface area (Å²) >= 11 is 4.87. The highest BCUT2D eigenvalue weighted by Crippen LogP contribution is 2.22. The Labute approximate surface area is 130 Å². The van der Waals surface area contributed by atoms with Crippen molar-refractivity contribution < 1.29 is 19.1 Å². The summed E-state index contributed by atoms with van der Waals surface area (Å²) in [5.74, 6) is -0.502. The van der Waals surface area contributed by atoms with Gasteiger partial charge in [0.2, 0.25) is 0 Å². The van der Waals surface area contributed by atoms with Gasteiger partial charge in [-0.3, -0.25) is 0 Å². The van der Waals surface area contributed by atoms with E-state index in [1.54, 1.807) is 20.8 Å². The molecule has 1 rings (SSSR count). The van der Waals surface area contributed by atoms with Gasteiger partial charge < -0.3 is 14.8 Å². The van der Waals surface area contributed by atoms with Crippen LogP contribution in [0.25, 0.3) is 0 Å². The summed E-state index contributed by atoms with van der Waals surface area (Å²) in [5, 5.41) is 4.45. The summed E-state index contributed by atoms with van der Waals surface area (Å²) in [6.07, 6.45) is -0.282. The molecular weight excluding hydrogens is 346 g/mol. The zero-order chi connectivity index (χ0) is 15.3. The number of ether oxygens (including phenoxy) is 2. The molecule has 0 aliphatic rings. The van der Waals surface area contributed by atoms with E-state index in [1.165, 1.54) is 18.4 Å². The number of methoxy groups -OCH3 is 1. The minimum Gasteiger partial charge on any atom is -0.467 e. The highest BCUT2D eigenvalue weighted by Gasteiger charge is 2.25. The lowest BCUT2D eigenvalue weighted by Crippen LogP contribution is -2.45. The van der Waals surface area contributed by atoms with Gasteiger partial charge in [0.1, 0.15) is 11.6 Å². The average Bonchev–Trinajstić information content (AvgIpc) is 2.70. The molecule has 1 heterocycles. The molecule has 1 aromatic heterocycles. The third-order valence-corrected chi connectivity index (χ3v) is 3.79. The summed E-state index contributed by atoms with van der Waals surface area (Å²) in [7, 11) is 1.29. The van der Waals surface area contributed by atoms with Gasteiger partial charge in [0.05, 0.1) is 10.9 Å². The smallest absolute Gasteiger partial charge is 0.408 e. The van der Waals surface area contributed by atoms with E-state index in [-0.39, 0.29) is 0 Å². The maximum Gasteiger partial charge on any atom is 0.408 e. The Hall–Kier alpha value is -1.08. The van der Waals surface area contributed by atoms with Gasteiger partial charge in [0, 0.05) is 6.42 Å². The van der Waals surface area contributed by atoms with Gasteiger partial charge in [-0.1, -0.05) is 0 Å². The minimum absolute atomic E-state index is 0.355. The van der Waals surface area contributed by atoms with E-state index in [4.69, 9.17) is 9.47 Å². The molecule has 20 heavy (non-hydrogen) atoms. The van der Waals surface area contributed by atoms with Crippen LogP contribution >= 0.6 is 27.3 Å². The van der Waals surface area contributed by atoms with E-state index >= 15 is 0 Å². The van der Waals surface area contributed by atoms with Crippen LogP contribution in [-0.2, 0) is 20.7 Å². The highest BCUT2D eigenvalue weighted by molar-refractivity contribution is 9.11. The first-order valence-electron chi connectivity index (χ1n) is 6.01. The van der Waals surface area contributed by atoms with Crippen molar-refractivity contribution in [2.45, 2.75) is 38.8 Å². The number of halogens is 1. The molecule has 0 saturated heterocycles. The van der Waals surface area contributed by atoms with Crippen molar-refractivity contribution >= 4 is 39.3 Å². The number of hydrogen-bond donors (Lipinski definition) is 1. The van der Waals surface area contributed by atoms with Crippen LogP contribution in [0.1, 0.15) is 26.3 Å². The van der Waals surface area contributed by atoms with Crippen LogP contribution < -0.4 is 5.32 Å². The summed E-state index contributed by atoms with van der Waals surface area (Å²) < 4.78 is 10.8. The van der Waals surface area contributed by atoms with Gasteiger partial charge in [0.15, 0.2) is 0 Å². The van der Waals surface area contributed by atoms with Gasteiger partial charge in [-0.15, -0.1) is 11.3 Å². The standard InChI is InChI=1S/C13H18BrNO4S/c1-13(2,3)19-12(17)15-9(11(16)18-4)5-8-6-10(14)20-7-8/h6-7,9H,5H2,1-4H3,(H,15,17)/t9-/m0/s1. The summed E-state index contributed by atoms with van der Waals surface area (Å²) in [6, 6.07) is 1.13. The SMILES string of the molecule is COC(=O)[C@H](Cc1csc(Br)c1)NC(=O)OC(C)(C)C. The molecule has 0 aromatic carbocycles. The number of carbonyl (C=O) groups excluding carboxylic acids is 2. The topological polar surface area (TPSA) is 64.6 Å². The normalized spacial score (nSPS) is 12.7. The Morgan fingerprint density at radius 3 is 2.55 bits per heavy atom. The number of thiophene rings is 1. The van der Waals surface area contributed by atoms with Crippen LogP contribution in [0.2, 0.25) is 0 Å². The first kappa shape index (κ1) is 17.0. The van der Waals surface area contributed by atoms with Gasteiger partial charge in [-0.2, -0.15) is 0 Å². The number of nitrogens with one attached hydrogen (secondary N) is 1. The van der Waals surface area contributed by atoms with Crippen molar-refractivity contribution in [3.05, 3.63) is 20.8 Å². The summed E-state index contributed by atoms with van der Waals surface area (Å²) in [5.41, 5.74) is 0.323. The molecular formula is C13H18BrNO4S. The number of amides is 1. The summed E-state index contributed by atoms with van der Waals surface area (Å²) in [6.45, 7) is 5.28. The van der Waals surface area contributed by atoms with Crippen molar-refractivity contribution in [2.24, 2.45) is 0 Å². The molecule has 5 nitrogen and oxygen atoms in total. The molecule has 0 unspecified atom stereocenters. The predicted octanol–water partition coefficient (Wildman–Crippen LogP) is 3.12. The van der Waals surface area contributed by atoms with E-state index in [2.05, 4.69) is 21.2 Å². The largest absolute Gasteiger partial charge is 0.467 e. The third-order valence-electron chi connectivity index (χ3n) is 2.24. The fourth-order valence-electron chi connectivity index (χ4n) is 1.47. The van der Waals surface area contributed by atoms with Crippen LogP contribution in [0.4, 0.5) is 4.79 Å². The van der Waals surface area contributed by atoms with Crippen molar-refractivity contribution in [1.82, 2.24) is 5.32 Å². The average molecular weight is 364 g/mol. The lowest BCUT2D eigenvalue weighted by molar-refractivity contribution is -0.143. The lowest BCUT2D eigenvalue weighted by Gasteiger charge is -2.22. The molecule has 0 radical (unpaired) electrons. The minimum atomic E-state index is -0.767. The van der Waals surface area contributed by atoms with Gasteiger partial charge in [0.25, 0.3) is 0 Å². The third kappa shape index (κ3) is 5.92.